The van der Waals surface area contributed by atoms with Gasteiger partial charge in [0.15, 0.2) is 12.5 Å². The highest BCUT2D eigenvalue weighted by molar-refractivity contribution is 5.76. The number of nitrogens with zero attached hydrogens (tertiary/aromatic N) is 1. The minimum absolute atomic E-state index is 0.385. The van der Waals surface area contributed by atoms with Crippen molar-refractivity contribution >= 4 is 6.03 Å². The van der Waals surface area contributed by atoms with Crippen LogP contribution in [0.2, 0.25) is 0 Å². The van der Waals surface area contributed by atoms with Gasteiger partial charge in [-0.2, -0.15) is 0 Å². The van der Waals surface area contributed by atoms with Crippen LogP contribution in [0.1, 0.15) is 0 Å². The fourth-order valence-electron chi connectivity index (χ4n) is 1.13. The first kappa shape index (κ1) is 9.24. The highest BCUT2D eigenvalue weighted by Gasteiger charge is 2.39. The van der Waals surface area contributed by atoms with Crippen LogP contribution < -0.4 is 5.32 Å². The largest absolute Gasteiger partial charge is 0.376 e. The average Bonchev–Trinajstić information content (AvgIpc) is 2.40. The Morgan fingerprint density at radius 2 is 2.25 bits per heavy atom. The molecule has 6 heteroatoms. The standard InChI is InChI=1S/C6H12N2O4/c1-11-4-5(12-2)8(3-9)6(10)7-4/h4-5,9H,3H2,1-2H3,(H,7,10). The van der Waals surface area contributed by atoms with Crippen molar-refractivity contribution in [1.82, 2.24) is 10.2 Å². The molecular weight excluding hydrogens is 164 g/mol. The lowest BCUT2D eigenvalue weighted by Gasteiger charge is -2.21. The van der Waals surface area contributed by atoms with E-state index in [4.69, 9.17) is 14.6 Å². The summed E-state index contributed by atoms with van der Waals surface area (Å²) in [6, 6.07) is -0.392. The van der Waals surface area contributed by atoms with Crippen molar-refractivity contribution < 1.29 is 19.4 Å². The molecule has 2 atom stereocenters. The number of aliphatic hydroxyl groups excluding tert-OH is 1. The lowest BCUT2D eigenvalue weighted by molar-refractivity contribution is -0.0955. The Hall–Kier alpha value is -0.850. The van der Waals surface area contributed by atoms with Crippen LogP contribution in [0.15, 0.2) is 0 Å². The van der Waals surface area contributed by atoms with Gasteiger partial charge in [0.2, 0.25) is 0 Å². The van der Waals surface area contributed by atoms with Gasteiger partial charge in [-0.1, -0.05) is 0 Å². The lowest BCUT2D eigenvalue weighted by Crippen LogP contribution is -2.39. The van der Waals surface area contributed by atoms with E-state index in [1.165, 1.54) is 14.2 Å². The fraction of sp³-hybridized carbons (Fsp3) is 0.833. The van der Waals surface area contributed by atoms with Gasteiger partial charge in [0.05, 0.1) is 0 Å². The van der Waals surface area contributed by atoms with Crippen LogP contribution in [0.3, 0.4) is 0 Å². The van der Waals surface area contributed by atoms with Crippen molar-refractivity contribution in [2.45, 2.75) is 12.5 Å². The summed E-state index contributed by atoms with van der Waals surface area (Å²) in [4.78, 5) is 12.2. The van der Waals surface area contributed by atoms with Crippen molar-refractivity contribution in [2.75, 3.05) is 21.0 Å². The van der Waals surface area contributed by atoms with Gasteiger partial charge < -0.3 is 19.9 Å². The molecule has 0 bridgehead atoms. The summed E-state index contributed by atoms with van der Waals surface area (Å²) in [6.07, 6.45) is -1.08. The summed E-state index contributed by atoms with van der Waals surface area (Å²) in [5.74, 6) is 0. The van der Waals surface area contributed by atoms with Crippen LogP contribution in [0.25, 0.3) is 0 Å². The summed E-state index contributed by atoms with van der Waals surface area (Å²) in [5.41, 5.74) is 0. The number of nitrogens with one attached hydrogen (secondary N) is 1. The number of methoxy groups -OCH3 is 2. The maximum absolute atomic E-state index is 11.0. The van der Waals surface area contributed by atoms with Crippen molar-refractivity contribution in [3.8, 4) is 0 Å². The van der Waals surface area contributed by atoms with Crippen LogP contribution in [-0.2, 0) is 9.47 Å². The molecule has 0 spiro atoms. The molecule has 1 heterocycles. The Labute approximate surface area is 70.1 Å². The first-order valence-electron chi connectivity index (χ1n) is 3.48. The van der Waals surface area contributed by atoms with Gasteiger partial charge in [-0.05, 0) is 0 Å². The first-order valence-corrected chi connectivity index (χ1v) is 3.48. The van der Waals surface area contributed by atoms with Gasteiger partial charge in [-0.25, -0.2) is 4.79 Å². The summed E-state index contributed by atoms with van der Waals surface area (Å²) in [5, 5.41) is 11.3. The highest BCUT2D eigenvalue weighted by atomic mass is 16.6. The van der Waals surface area contributed by atoms with Crippen molar-refractivity contribution in [3.05, 3.63) is 0 Å². The van der Waals surface area contributed by atoms with E-state index in [9.17, 15) is 4.79 Å². The Morgan fingerprint density at radius 1 is 1.58 bits per heavy atom. The zero-order valence-corrected chi connectivity index (χ0v) is 6.98. The molecule has 70 valence electrons. The van der Waals surface area contributed by atoms with Crippen LogP contribution >= 0.6 is 0 Å². The van der Waals surface area contributed by atoms with Crippen LogP contribution in [0.4, 0.5) is 4.79 Å². The molecule has 1 fully saturated rings. The molecule has 2 amide bonds. The molecule has 1 aliphatic rings. The molecule has 0 radical (unpaired) electrons. The molecule has 0 aromatic rings. The first-order chi connectivity index (χ1) is 5.74. The van der Waals surface area contributed by atoms with E-state index in [1.54, 1.807) is 0 Å². The molecule has 12 heavy (non-hydrogen) atoms. The maximum atomic E-state index is 11.0. The molecule has 0 saturated carbocycles. The van der Waals surface area contributed by atoms with Crippen molar-refractivity contribution in [1.29, 1.82) is 0 Å². The zero-order chi connectivity index (χ0) is 9.14. The van der Waals surface area contributed by atoms with Gasteiger partial charge in [0, 0.05) is 14.2 Å². The number of carbonyl (C=O) groups excluding carboxylic acids is 1. The number of hydrogen-bond acceptors (Lipinski definition) is 4. The third-order valence-electron chi connectivity index (χ3n) is 1.74. The van der Waals surface area contributed by atoms with Crippen molar-refractivity contribution in [3.63, 3.8) is 0 Å². The summed E-state index contributed by atoms with van der Waals surface area (Å²) in [6.45, 7) is -0.385. The molecule has 2 unspecified atom stereocenters. The van der Waals surface area contributed by atoms with E-state index in [-0.39, 0.29) is 6.73 Å². The molecule has 0 aromatic carbocycles. The second kappa shape index (κ2) is 3.70. The van der Waals surface area contributed by atoms with Gasteiger partial charge in [0.25, 0.3) is 0 Å². The molecule has 6 nitrogen and oxygen atoms in total. The summed E-state index contributed by atoms with van der Waals surface area (Å²) in [7, 11) is 2.90. The second-order valence-electron chi connectivity index (χ2n) is 2.34. The van der Waals surface area contributed by atoms with Gasteiger partial charge in [0.1, 0.15) is 6.73 Å². The van der Waals surface area contributed by atoms with Crippen LogP contribution in [-0.4, -0.2) is 49.4 Å². The maximum Gasteiger partial charge on any atom is 0.323 e. The minimum atomic E-state index is -0.563. The predicted molar refractivity (Wildman–Crippen MR) is 39.1 cm³/mol. The van der Waals surface area contributed by atoms with Gasteiger partial charge in [-0.3, -0.25) is 4.90 Å². The molecule has 1 saturated heterocycles. The zero-order valence-electron chi connectivity index (χ0n) is 6.98. The number of urea groups is 1. The fourth-order valence-corrected chi connectivity index (χ4v) is 1.13. The Balaban J connectivity index is 2.68. The number of aliphatic hydroxyl groups is 1. The monoisotopic (exact) mass is 176 g/mol. The average molecular weight is 176 g/mol. The summed E-state index contributed by atoms with van der Waals surface area (Å²) < 4.78 is 9.85. The summed E-state index contributed by atoms with van der Waals surface area (Å²) >= 11 is 0. The molecule has 0 aromatic heterocycles. The molecule has 0 aliphatic carbocycles. The van der Waals surface area contributed by atoms with Crippen molar-refractivity contribution in [2.24, 2.45) is 0 Å². The quantitative estimate of drug-likeness (QED) is 0.573. The number of ether oxygens (including phenoxy) is 2. The van der Waals surface area contributed by atoms with Gasteiger partial charge >= 0.3 is 6.03 Å². The van der Waals surface area contributed by atoms with E-state index in [0.29, 0.717) is 0 Å². The van der Waals surface area contributed by atoms with E-state index in [1.807, 2.05) is 0 Å². The number of carbonyl (C=O) groups is 1. The van der Waals surface area contributed by atoms with Gasteiger partial charge in [-0.15, -0.1) is 0 Å². The predicted octanol–water partition coefficient (Wildman–Crippen LogP) is -1.09. The number of amides is 2. The Kier molecular flexibility index (Phi) is 2.85. The normalized spacial score (nSPS) is 29.2. The Morgan fingerprint density at radius 3 is 2.67 bits per heavy atom. The topological polar surface area (TPSA) is 71.0 Å². The minimum Gasteiger partial charge on any atom is -0.376 e. The molecule has 1 aliphatic heterocycles. The van der Waals surface area contributed by atoms with Crippen LogP contribution in [0, 0.1) is 0 Å². The third-order valence-corrected chi connectivity index (χ3v) is 1.74. The molecule has 2 N–H and O–H groups in total. The van der Waals surface area contributed by atoms with E-state index in [2.05, 4.69) is 5.32 Å². The lowest BCUT2D eigenvalue weighted by atomic mass is 10.5. The number of hydrogen-bond donors (Lipinski definition) is 2. The van der Waals surface area contributed by atoms with E-state index < -0.39 is 18.5 Å². The van der Waals surface area contributed by atoms with Crippen LogP contribution in [0.5, 0.6) is 0 Å². The Bertz CT molecular complexity index is 175. The number of rotatable bonds is 3. The smallest absolute Gasteiger partial charge is 0.323 e. The third kappa shape index (κ3) is 1.36. The second-order valence-corrected chi connectivity index (χ2v) is 2.34. The SMILES string of the molecule is COC1NC(=O)N(CO)C1OC. The van der Waals surface area contributed by atoms with E-state index in [0.717, 1.165) is 4.90 Å². The molecule has 1 rings (SSSR count). The highest BCUT2D eigenvalue weighted by Crippen LogP contribution is 2.13. The van der Waals surface area contributed by atoms with E-state index >= 15 is 0 Å². The molecular formula is C6H12N2O4.